The van der Waals surface area contributed by atoms with E-state index in [1.165, 1.54) is 0 Å². The average molecular weight is 186 g/mol. The van der Waals surface area contributed by atoms with Crippen molar-refractivity contribution in [1.29, 1.82) is 0 Å². The van der Waals surface area contributed by atoms with E-state index >= 15 is 0 Å². The Morgan fingerprint density at radius 3 is 2.85 bits per heavy atom. The molecule has 0 aromatic carbocycles. The largest absolute Gasteiger partial charge is 0.396 e. The summed E-state index contributed by atoms with van der Waals surface area (Å²) in [5, 5.41) is 11.7. The standard InChI is InChI=1S/C9H18N2O2/c1-3-8-7(6-12)4-5-11(8)9(13)10-2/h7-8,12H,3-6H2,1-2H3,(H,10,13). The van der Waals surface area contributed by atoms with Crippen LogP contribution >= 0.6 is 0 Å². The van der Waals surface area contributed by atoms with Gasteiger partial charge in [0.05, 0.1) is 0 Å². The number of aliphatic hydroxyl groups excluding tert-OH is 1. The summed E-state index contributed by atoms with van der Waals surface area (Å²) in [7, 11) is 1.64. The first kappa shape index (κ1) is 10.3. The molecule has 1 rings (SSSR count). The lowest BCUT2D eigenvalue weighted by Crippen LogP contribution is -2.43. The van der Waals surface area contributed by atoms with E-state index in [4.69, 9.17) is 5.11 Å². The highest BCUT2D eigenvalue weighted by atomic mass is 16.3. The summed E-state index contributed by atoms with van der Waals surface area (Å²) in [6, 6.07) is 0.188. The van der Waals surface area contributed by atoms with Gasteiger partial charge in [-0.1, -0.05) is 6.92 Å². The van der Waals surface area contributed by atoms with Gasteiger partial charge < -0.3 is 15.3 Å². The molecule has 1 aliphatic rings. The molecule has 0 aromatic rings. The Morgan fingerprint density at radius 1 is 1.69 bits per heavy atom. The van der Waals surface area contributed by atoms with Crippen LogP contribution in [0.1, 0.15) is 19.8 Å². The number of aliphatic hydroxyl groups is 1. The van der Waals surface area contributed by atoms with Crippen LogP contribution in [0.3, 0.4) is 0 Å². The number of carbonyl (C=O) groups is 1. The van der Waals surface area contributed by atoms with Gasteiger partial charge in [0.1, 0.15) is 0 Å². The summed E-state index contributed by atoms with van der Waals surface area (Å²) in [5.74, 6) is 0.266. The van der Waals surface area contributed by atoms with Gasteiger partial charge in [0, 0.05) is 32.2 Å². The molecule has 0 aromatic heterocycles. The molecule has 76 valence electrons. The summed E-state index contributed by atoms with van der Waals surface area (Å²) in [6.45, 7) is 3.00. The molecule has 0 bridgehead atoms. The molecule has 0 saturated carbocycles. The van der Waals surface area contributed by atoms with E-state index in [-0.39, 0.29) is 24.6 Å². The Morgan fingerprint density at radius 2 is 2.38 bits per heavy atom. The van der Waals surface area contributed by atoms with Crippen LogP contribution < -0.4 is 5.32 Å². The zero-order valence-corrected chi connectivity index (χ0v) is 8.29. The zero-order valence-electron chi connectivity index (χ0n) is 8.29. The van der Waals surface area contributed by atoms with Crippen molar-refractivity contribution in [2.75, 3.05) is 20.2 Å². The second-order valence-electron chi connectivity index (χ2n) is 3.46. The van der Waals surface area contributed by atoms with Crippen molar-refractivity contribution in [3.8, 4) is 0 Å². The lowest BCUT2D eigenvalue weighted by molar-refractivity contribution is 0.161. The molecule has 2 amide bonds. The van der Waals surface area contributed by atoms with Crippen molar-refractivity contribution in [1.82, 2.24) is 10.2 Å². The smallest absolute Gasteiger partial charge is 0.317 e. The van der Waals surface area contributed by atoms with Gasteiger partial charge in [-0.15, -0.1) is 0 Å². The summed E-state index contributed by atoms with van der Waals surface area (Å²) >= 11 is 0. The van der Waals surface area contributed by atoms with Crippen LogP contribution in [0.5, 0.6) is 0 Å². The fraction of sp³-hybridized carbons (Fsp3) is 0.889. The third-order valence-electron chi connectivity index (χ3n) is 2.81. The molecular formula is C9H18N2O2. The fourth-order valence-corrected chi connectivity index (χ4v) is 2.08. The first-order chi connectivity index (χ1) is 6.24. The summed E-state index contributed by atoms with van der Waals surface area (Å²) in [5.41, 5.74) is 0. The predicted molar refractivity (Wildman–Crippen MR) is 50.4 cm³/mol. The van der Waals surface area contributed by atoms with Crippen molar-refractivity contribution in [2.45, 2.75) is 25.8 Å². The van der Waals surface area contributed by atoms with Gasteiger partial charge in [-0.2, -0.15) is 0 Å². The van der Waals surface area contributed by atoms with Gasteiger partial charge in [-0.05, 0) is 12.8 Å². The van der Waals surface area contributed by atoms with Crippen LogP contribution in [0, 0.1) is 5.92 Å². The molecule has 4 nitrogen and oxygen atoms in total. The number of urea groups is 1. The Labute approximate surface area is 78.9 Å². The number of hydrogen-bond donors (Lipinski definition) is 2. The molecule has 0 spiro atoms. The minimum Gasteiger partial charge on any atom is -0.396 e. The van der Waals surface area contributed by atoms with Crippen LogP contribution in [-0.4, -0.2) is 42.3 Å². The third kappa shape index (κ3) is 1.94. The Bertz CT molecular complexity index is 184. The Kier molecular flexibility index (Phi) is 3.54. The third-order valence-corrected chi connectivity index (χ3v) is 2.81. The van der Waals surface area contributed by atoms with Gasteiger partial charge in [0.2, 0.25) is 0 Å². The number of hydrogen-bond acceptors (Lipinski definition) is 2. The number of nitrogens with one attached hydrogen (secondary N) is 1. The Balaban J connectivity index is 2.62. The van der Waals surface area contributed by atoms with Crippen LogP contribution in [0.4, 0.5) is 4.79 Å². The first-order valence-electron chi connectivity index (χ1n) is 4.83. The van der Waals surface area contributed by atoms with E-state index in [1.54, 1.807) is 7.05 Å². The second-order valence-corrected chi connectivity index (χ2v) is 3.46. The van der Waals surface area contributed by atoms with Crippen molar-refractivity contribution >= 4 is 6.03 Å². The number of nitrogens with zero attached hydrogens (tertiary/aromatic N) is 1. The highest BCUT2D eigenvalue weighted by Gasteiger charge is 2.34. The van der Waals surface area contributed by atoms with Crippen molar-refractivity contribution in [3.63, 3.8) is 0 Å². The molecule has 0 radical (unpaired) electrons. The SMILES string of the molecule is CCC1C(CO)CCN1C(=O)NC. The molecule has 1 heterocycles. The second kappa shape index (κ2) is 4.46. The van der Waals surface area contributed by atoms with Crippen LogP contribution in [0.25, 0.3) is 0 Å². The molecule has 2 N–H and O–H groups in total. The fourth-order valence-electron chi connectivity index (χ4n) is 2.08. The normalized spacial score (nSPS) is 27.8. The van der Waals surface area contributed by atoms with E-state index < -0.39 is 0 Å². The molecule has 4 heteroatoms. The maximum atomic E-state index is 11.4. The van der Waals surface area contributed by atoms with Crippen molar-refractivity contribution in [2.24, 2.45) is 5.92 Å². The lowest BCUT2D eigenvalue weighted by atomic mass is 10.00. The maximum Gasteiger partial charge on any atom is 0.317 e. The quantitative estimate of drug-likeness (QED) is 0.656. The average Bonchev–Trinajstić information content (AvgIpc) is 2.58. The highest BCUT2D eigenvalue weighted by molar-refractivity contribution is 5.74. The van der Waals surface area contributed by atoms with E-state index in [1.807, 2.05) is 4.90 Å². The van der Waals surface area contributed by atoms with Crippen LogP contribution in [0.2, 0.25) is 0 Å². The van der Waals surface area contributed by atoms with E-state index in [0.29, 0.717) is 0 Å². The minimum absolute atomic E-state index is 0.0252. The van der Waals surface area contributed by atoms with E-state index in [2.05, 4.69) is 12.2 Å². The number of amides is 2. The Hall–Kier alpha value is -0.770. The number of rotatable bonds is 2. The topological polar surface area (TPSA) is 52.6 Å². The van der Waals surface area contributed by atoms with Crippen LogP contribution in [-0.2, 0) is 0 Å². The molecule has 0 aliphatic carbocycles. The molecule has 2 unspecified atom stereocenters. The van der Waals surface area contributed by atoms with E-state index in [9.17, 15) is 4.79 Å². The van der Waals surface area contributed by atoms with Gasteiger partial charge >= 0.3 is 6.03 Å². The van der Waals surface area contributed by atoms with Crippen LogP contribution in [0.15, 0.2) is 0 Å². The summed E-state index contributed by atoms with van der Waals surface area (Å²) in [4.78, 5) is 13.2. The molecule has 1 aliphatic heterocycles. The van der Waals surface area contributed by atoms with Crippen molar-refractivity contribution < 1.29 is 9.90 Å². The zero-order chi connectivity index (χ0) is 9.84. The van der Waals surface area contributed by atoms with Gasteiger partial charge in [-0.3, -0.25) is 0 Å². The first-order valence-corrected chi connectivity index (χ1v) is 4.83. The molecular weight excluding hydrogens is 168 g/mol. The molecule has 1 saturated heterocycles. The van der Waals surface area contributed by atoms with Gasteiger partial charge in [-0.25, -0.2) is 4.79 Å². The number of carbonyl (C=O) groups excluding carboxylic acids is 1. The minimum atomic E-state index is -0.0252. The molecule has 13 heavy (non-hydrogen) atoms. The highest BCUT2D eigenvalue weighted by Crippen LogP contribution is 2.25. The predicted octanol–water partition coefficient (Wildman–Crippen LogP) is 0.419. The lowest BCUT2D eigenvalue weighted by Gasteiger charge is -2.25. The number of likely N-dealkylation sites (tertiary alicyclic amines) is 1. The molecule has 2 atom stereocenters. The van der Waals surface area contributed by atoms with E-state index in [0.717, 1.165) is 19.4 Å². The summed E-state index contributed by atoms with van der Waals surface area (Å²) < 4.78 is 0. The monoisotopic (exact) mass is 186 g/mol. The maximum absolute atomic E-state index is 11.4. The van der Waals surface area contributed by atoms with Gasteiger partial charge in [0.15, 0.2) is 0 Å². The summed E-state index contributed by atoms with van der Waals surface area (Å²) in [6.07, 6.45) is 1.83. The molecule has 1 fully saturated rings. The van der Waals surface area contributed by atoms with Gasteiger partial charge in [0.25, 0.3) is 0 Å². The van der Waals surface area contributed by atoms with Crippen molar-refractivity contribution in [3.05, 3.63) is 0 Å².